The van der Waals surface area contributed by atoms with Gasteiger partial charge in [-0.05, 0) is 349 Å². The van der Waals surface area contributed by atoms with Crippen molar-refractivity contribution in [1.82, 2.24) is 4.98 Å². The van der Waals surface area contributed by atoms with Crippen molar-refractivity contribution in [1.29, 1.82) is 5.26 Å². The topological polar surface area (TPSA) is 45.9 Å². The summed E-state index contributed by atoms with van der Waals surface area (Å²) >= 11 is 0. The molecule has 3 nitrogen and oxygen atoms in total. The average molecular weight is 1790 g/mol. The van der Waals surface area contributed by atoms with Crippen LogP contribution in [-0.4, -0.2) is 71.0 Å². The van der Waals surface area contributed by atoms with Crippen LogP contribution >= 0.6 is 0 Å². The van der Waals surface area contributed by atoms with Crippen LogP contribution in [0.1, 0.15) is 409 Å². The summed E-state index contributed by atoms with van der Waals surface area (Å²) in [6.45, 7) is 71.8. The Morgan fingerprint density at radius 2 is 0.768 bits per heavy atom. The summed E-state index contributed by atoms with van der Waals surface area (Å²) in [7, 11) is 1.62. The molecule has 0 aliphatic heterocycles. The Balaban J connectivity index is 0.000000678. The summed E-state index contributed by atoms with van der Waals surface area (Å²) in [5.41, 5.74) is -2.68. The molecule has 732 valence electrons. The molecule has 0 amide bonds. The van der Waals surface area contributed by atoms with E-state index in [2.05, 4.69) is 181 Å². The molecule has 14 rings (SSSR count). The van der Waals surface area contributed by atoms with Gasteiger partial charge < -0.3 is 4.74 Å². The van der Waals surface area contributed by atoms with E-state index in [-0.39, 0.29) is 66.1 Å². The fourth-order valence-corrected chi connectivity index (χ4v) is 20.2. The number of alkyl halides is 12. The Hall–Kier alpha value is -3.12. The Kier molecular flexibility index (Phi) is 46.2. The van der Waals surface area contributed by atoms with Crippen LogP contribution in [0, 0.1) is 205 Å². The van der Waals surface area contributed by atoms with Gasteiger partial charge in [-0.25, -0.2) is 52.7 Å². The van der Waals surface area contributed by atoms with Crippen molar-refractivity contribution in [3.63, 3.8) is 0 Å². The van der Waals surface area contributed by atoms with Gasteiger partial charge in [0, 0.05) is 53.0 Å². The van der Waals surface area contributed by atoms with Crippen molar-refractivity contribution >= 4 is 0 Å². The highest BCUT2D eigenvalue weighted by Crippen LogP contribution is 2.61. The van der Waals surface area contributed by atoms with Gasteiger partial charge in [0.15, 0.2) is 5.60 Å². The largest absolute Gasteiger partial charge is 0.363 e. The molecule has 2 unspecified atom stereocenters. The van der Waals surface area contributed by atoms with E-state index in [1.807, 2.05) is 46.2 Å². The average Bonchev–Trinajstić information content (AvgIpc) is 1.41. The third kappa shape index (κ3) is 38.4. The van der Waals surface area contributed by atoms with E-state index in [0.29, 0.717) is 93.7 Å². The molecule has 10 atom stereocenters. The lowest BCUT2D eigenvalue weighted by Crippen LogP contribution is -2.54. The maximum Gasteiger partial charge on any atom is 0.248 e. The van der Waals surface area contributed by atoms with E-state index in [1.54, 1.807) is 55.6 Å². The van der Waals surface area contributed by atoms with Crippen molar-refractivity contribution in [3.05, 3.63) is 30.1 Å². The monoisotopic (exact) mass is 1790 g/mol. The lowest BCUT2D eigenvalue weighted by Gasteiger charge is -2.52. The summed E-state index contributed by atoms with van der Waals surface area (Å²) in [6.07, 6.45) is 31.5. The first-order chi connectivity index (χ1) is 56.2. The lowest BCUT2D eigenvalue weighted by molar-refractivity contribution is -0.167. The Morgan fingerprint density at radius 3 is 0.880 bits per heavy atom. The molecule has 1 heterocycles. The molecule has 125 heavy (non-hydrogen) atoms. The predicted octanol–water partition coefficient (Wildman–Crippen LogP) is 35.4. The standard InChI is InChI=1S/C11H15N.C9H15F3.2C9H17F.C9H15NO.2C8H14F2.3C8H15F.2C8H12.C6H12.CH4/c1-8(2)10-6-11(10)9-4-3-5-12-7-9;1-6(2)9(7(10)11)4-8(3,12)5-9;2*1-7(2)8(3)5-9(4,10)6-8;1-7(2)8-4-9(5-8,6-10)11-3;2*1-5(2)6-4-7(6)8(3,9)10;1-6(2)7-4-8(3,9)5-7;1-6(2)8(4-5-8)7(3)9;1-5(2)7-4-8(7)6(3)9;2*1-4-8(5-6-8)7(2)3;1-5(2)6-3-4-6;/h3-5,7-8,10-11H,6H2,1-2H3;6-7H,4-5H2,1-3H3;2*7H,5-6H2,1-4H3;7-8H,4-5H2,1-3H3;2*5-7H,4H2,1-3H3;2*6-7H,4-5H2,1-3H3;5-8H,4H2,1-3H3;2*1,7H,5-6H2,2-3H3;5-6H,3-4H2,1-2H3;1H4/t10-,11-;;;;;2*6-,7+;;;6?,7-,8-;;;;/m0....00..0..../s1. The van der Waals surface area contributed by atoms with Gasteiger partial charge >= 0.3 is 0 Å². The number of methoxy groups -OCH3 is 1. The molecule has 0 spiro atoms. The number of hydrogen-bond acceptors (Lipinski definition) is 3. The maximum absolute atomic E-state index is 13.1. The Bertz CT molecular complexity index is 3150. The highest BCUT2D eigenvalue weighted by Gasteiger charge is 2.60. The van der Waals surface area contributed by atoms with E-state index >= 15 is 0 Å². The molecule has 13 saturated carbocycles. The molecule has 15 heteroatoms. The van der Waals surface area contributed by atoms with Crippen LogP contribution in [0.5, 0.6) is 0 Å². The summed E-state index contributed by atoms with van der Waals surface area (Å²) in [5.74, 6) is 13.7. The molecule has 1 aromatic rings. The molecule has 13 aliphatic carbocycles. The van der Waals surface area contributed by atoms with E-state index in [0.717, 1.165) is 127 Å². The van der Waals surface area contributed by atoms with Crippen LogP contribution in [0.4, 0.5) is 52.7 Å². The Morgan fingerprint density at radius 1 is 0.424 bits per heavy atom. The number of nitrogens with zero attached hydrogens (tertiary/aromatic N) is 2. The smallest absolute Gasteiger partial charge is 0.248 e. The zero-order chi connectivity index (χ0) is 96.6. The summed E-state index contributed by atoms with van der Waals surface area (Å²) in [6, 6.07) is 6.45. The molecular formula is C110H192F12N2O. The highest BCUT2D eigenvalue weighted by atomic mass is 19.3. The van der Waals surface area contributed by atoms with Gasteiger partial charge in [-0.2, -0.15) is 5.26 Å². The van der Waals surface area contributed by atoms with Gasteiger partial charge in [-0.15, -0.1) is 12.8 Å². The molecular weight excluding hydrogens is 1590 g/mol. The number of aromatic nitrogens is 1. The molecule has 0 radical (unpaired) electrons. The fourth-order valence-electron chi connectivity index (χ4n) is 20.2. The van der Waals surface area contributed by atoms with Gasteiger partial charge in [0.05, 0.1) is 6.07 Å². The summed E-state index contributed by atoms with van der Waals surface area (Å²) < 4.78 is 158. The van der Waals surface area contributed by atoms with Crippen LogP contribution < -0.4 is 0 Å². The minimum Gasteiger partial charge on any atom is -0.363 e. The second-order valence-electron chi connectivity index (χ2n) is 48.1. The normalized spacial score (nSPS) is 34.4. The molecule has 0 bridgehead atoms. The number of halogens is 12. The van der Waals surface area contributed by atoms with Gasteiger partial charge in [0.1, 0.15) is 35.0 Å². The fraction of sp³-hybridized carbons (Fsp3) is 0.909. The van der Waals surface area contributed by atoms with Crippen LogP contribution in [0.3, 0.4) is 0 Å². The molecule has 0 aromatic carbocycles. The SMILES string of the molecule is C.C#CC1(C(C)C)CC1.C#CC1(C(C)C)CC1.CC(C)C1(C(C)F)CC1.CC(C)C1(C(F)F)CC(C)(F)C1.CC(C)C1(C)CC(C)(F)C1.CC(C)C1(C)CC(C)(F)C1.CC(C)C1CC(C)(F)C1.CC(C)C1CC1.CC(C)[C@@H]1C[C@H]1C(C)(F)F.CC(C)[C@@H]1C[C@H]1C(C)(F)F.CC(C)[C@@H]1C[C@H]1C(C)F.CC(C)[C@@H]1C[C@H]1c1cccnc1.COC1(C#N)CC(C(C)C)C1. The molecule has 1 aromatic heterocycles. The third-order valence-electron chi connectivity index (χ3n) is 32.4. The second-order valence-corrected chi connectivity index (χ2v) is 48.1. The van der Waals surface area contributed by atoms with Crippen molar-refractivity contribution in [2.24, 2.45) is 169 Å². The molecule has 0 N–H and O–H groups in total. The van der Waals surface area contributed by atoms with Crippen LogP contribution in [0.25, 0.3) is 0 Å². The van der Waals surface area contributed by atoms with Crippen molar-refractivity contribution in [2.45, 2.75) is 463 Å². The van der Waals surface area contributed by atoms with Gasteiger partial charge in [-0.1, -0.05) is 219 Å². The predicted molar refractivity (Wildman–Crippen MR) is 508 cm³/mol. The third-order valence-corrected chi connectivity index (χ3v) is 32.4. The minimum absolute atomic E-state index is 0. The van der Waals surface area contributed by atoms with Gasteiger partial charge in [0.2, 0.25) is 18.3 Å². The lowest BCUT2D eigenvalue weighted by atomic mass is 9.56. The first-order valence-corrected chi connectivity index (χ1v) is 49.1. The first-order valence-electron chi connectivity index (χ1n) is 49.1. The number of nitriles is 1. The van der Waals surface area contributed by atoms with Crippen molar-refractivity contribution in [2.75, 3.05) is 7.11 Å². The molecule has 13 aliphatic rings. The van der Waals surface area contributed by atoms with Crippen LogP contribution in [0.15, 0.2) is 24.5 Å². The summed E-state index contributed by atoms with van der Waals surface area (Å²) in [5, 5.41) is 8.76. The van der Waals surface area contributed by atoms with Crippen molar-refractivity contribution in [3.8, 4) is 30.8 Å². The van der Waals surface area contributed by atoms with E-state index in [1.165, 1.54) is 57.4 Å². The van der Waals surface area contributed by atoms with E-state index < -0.39 is 64.3 Å². The zero-order valence-corrected chi connectivity index (χ0v) is 85.9. The van der Waals surface area contributed by atoms with E-state index in [4.69, 9.17) is 22.8 Å². The number of pyridine rings is 1. The number of hydrogen-bond donors (Lipinski definition) is 0. The van der Waals surface area contributed by atoms with Crippen LogP contribution in [0.2, 0.25) is 0 Å². The van der Waals surface area contributed by atoms with Crippen molar-refractivity contribution < 1.29 is 57.4 Å². The Labute approximate surface area is 762 Å². The number of rotatable bonds is 20. The van der Waals surface area contributed by atoms with Gasteiger partial charge in [0.25, 0.3) is 0 Å². The second kappa shape index (κ2) is 48.2. The minimum atomic E-state index is -2.44. The van der Waals surface area contributed by atoms with Gasteiger partial charge in [-0.3, -0.25) is 4.98 Å². The quantitative estimate of drug-likeness (QED) is 0.0965. The maximum atomic E-state index is 13.1. The zero-order valence-electron chi connectivity index (χ0n) is 85.9. The summed E-state index contributed by atoms with van der Waals surface area (Å²) in [4.78, 5) is 4.14. The first kappa shape index (κ1) is 120. The van der Waals surface area contributed by atoms with E-state index in [9.17, 15) is 52.7 Å². The number of ether oxygens (including phenoxy) is 1. The highest BCUT2D eigenvalue weighted by molar-refractivity contribution is 5.23. The number of terminal acetylenes is 2. The molecule has 0 saturated heterocycles. The van der Waals surface area contributed by atoms with Crippen LogP contribution in [-0.2, 0) is 4.74 Å². The molecule has 13 fully saturated rings.